The third kappa shape index (κ3) is 1.93. The van der Waals surface area contributed by atoms with Gasteiger partial charge in [0, 0.05) is 0 Å². The Kier molecular flexibility index (Phi) is 3.11. The summed E-state index contributed by atoms with van der Waals surface area (Å²) < 4.78 is 5.88. The van der Waals surface area contributed by atoms with Crippen LogP contribution < -0.4 is 21.2 Å². The summed E-state index contributed by atoms with van der Waals surface area (Å²) in [6.45, 7) is 2.10. The molecule has 58 valence electrons. The van der Waals surface area contributed by atoms with Gasteiger partial charge in [0.15, 0.2) is 0 Å². The molecule has 0 aliphatic carbocycles. The van der Waals surface area contributed by atoms with Crippen LogP contribution in [0.2, 0.25) is 0 Å². The normalized spacial score (nSPS) is 10.6. The average molecular weight is 253 g/mol. The molecule has 0 unspecified atom stereocenters. The van der Waals surface area contributed by atoms with E-state index in [2.05, 4.69) is 22.0 Å². The first-order valence-corrected chi connectivity index (χ1v) is 6.42. The first-order chi connectivity index (χ1) is 4.86. The summed E-state index contributed by atoms with van der Waals surface area (Å²) in [5.41, 5.74) is 0. The van der Waals surface area contributed by atoms with Crippen LogP contribution in [0.25, 0.3) is 0 Å². The molecule has 1 aromatic heterocycles. The van der Waals surface area contributed by atoms with E-state index in [0.717, 1.165) is 22.6 Å². The molecule has 10 heavy (non-hydrogen) atoms. The molecule has 1 aromatic rings. The summed E-state index contributed by atoms with van der Waals surface area (Å²) in [6, 6.07) is 0. The Morgan fingerprint density at radius 3 is 2.90 bits per heavy atom. The predicted octanol–water partition coefficient (Wildman–Crippen LogP) is -2.09. The molecule has 0 saturated heterocycles. The Hall–Kier alpha value is -0.130. The summed E-state index contributed by atoms with van der Waals surface area (Å²) >= 11 is 0.00280. The minimum absolute atomic E-state index is 0.00280. The average Bonchev–Trinajstić information content (AvgIpc) is 2.37. The molecule has 0 N–H and O–H groups in total. The van der Waals surface area contributed by atoms with E-state index in [0.29, 0.717) is 0 Å². The monoisotopic (exact) mass is 253 g/mol. The van der Waals surface area contributed by atoms with Gasteiger partial charge in [-0.05, 0) is 0 Å². The standard InChI is InChI=1S/C6H10IN2O/c1-3-4-5-8-6(7-2)9-10-5/h3-4H2,1-2H3/q-1. The molecule has 1 rings (SSSR count). The van der Waals surface area contributed by atoms with Gasteiger partial charge in [0.05, 0.1) is 0 Å². The van der Waals surface area contributed by atoms with Crippen LogP contribution in [0.1, 0.15) is 19.2 Å². The summed E-state index contributed by atoms with van der Waals surface area (Å²) in [6.07, 6.45) is 1.99. The SMILES string of the molecule is CCCc1nc([I-]C)no1. The molecule has 0 aliphatic heterocycles. The Morgan fingerprint density at radius 2 is 2.40 bits per heavy atom. The van der Waals surface area contributed by atoms with E-state index < -0.39 is 0 Å². The maximum atomic E-state index is 4.96. The Morgan fingerprint density at radius 1 is 1.60 bits per heavy atom. The molecule has 0 radical (unpaired) electrons. The van der Waals surface area contributed by atoms with Gasteiger partial charge in [-0.25, -0.2) is 0 Å². The van der Waals surface area contributed by atoms with Crippen molar-refractivity contribution in [3.8, 4) is 0 Å². The molecule has 0 aliphatic rings. The molecular formula is C6H10IN2O-. The van der Waals surface area contributed by atoms with Gasteiger partial charge in [0.2, 0.25) is 0 Å². The van der Waals surface area contributed by atoms with Crippen molar-refractivity contribution in [3.05, 3.63) is 9.72 Å². The number of hydrogen-bond donors (Lipinski definition) is 0. The summed E-state index contributed by atoms with van der Waals surface area (Å²) in [5.74, 6) is 0.791. The van der Waals surface area contributed by atoms with E-state index in [9.17, 15) is 0 Å². The van der Waals surface area contributed by atoms with E-state index >= 15 is 0 Å². The van der Waals surface area contributed by atoms with Crippen molar-refractivity contribution in [3.63, 3.8) is 0 Å². The van der Waals surface area contributed by atoms with Gasteiger partial charge < -0.3 is 0 Å². The van der Waals surface area contributed by atoms with Gasteiger partial charge in [-0.3, -0.25) is 0 Å². The van der Waals surface area contributed by atoms with Crippen LogP contribution in [0.4, 0.5) is 0 Å². The van der Waals surface area contributed by atoms with Gasteiger partial charge in [-0.2, -0.15) is 0 Å². The molecule has 0 saturated carbocycles. The fraction of sp³-hybridized carbons (Fsp3) is 0.667. The third-order valence-corrected chi connectivity index (χ3v) is 2.48. The molecule has 0 bridgehead atoms. The summed E-state index contributed by atoms with van der Waals surface area (Å²) in [5, 5.41) is 3.82. The van der Waals surface area contributed by atoms with Gasteiger partial charge in [0.1, 0.15) is 0 Å². The molecule has 0 atom stereocenters. The zero-order chi connectivity index (χ0) is 7.40. The van der Waals surface area contributed by atoms with Crippen LogP contribution in [0, 0.1) is 3.83 Å². The van der Waals surface area contributed by atoms with Crippen LogP contribution in [-0.2, 0) is 6.42 Å². The molecule has 1 heterocycles. The van der Waals surface area contributed by atoms with E-state index in [-0.39, 0.29) is 21.2 Å². The molecule has 0 amide bonds. The second-order valence-corrected chi connectivity index (χ2v) is 3.94. The Bertz CT molecular complexity index is 199. The molecule has 0 spiro atoms. The van der Waals surface area contributed by atoms with Crippen molar-refractivity contribution in [2.24, 2.45) is 0 Å². The van der Waals surface area contributed by atoms with Crippen LogP contribution in [0.3, 0.4) is 0 Å². The third-order valence-electron chi connectivity index (χ3n) is 1.08. The fourth-order valence-corrected chi connectivity index (χ4v) is 1.43. The second-order valence-electron chi connectivity index (χ2n) is 1.90. The number of hydrogen-bond acceptors (Lipinski definition) is 3. The predicted molar refractivity (Wildman–Crippen MR) is 32.9 cm³/mol. The molecule has 4 heteroatoms. The number of alkyl halides is 1. The number of rotatable bonds is 3. The van der Waals surface area contributed by atoms with Crippen LogP contribution in [0.15, 0.2) is 4.52 Å². The van der Waals surface area contributed by atoms with Gasteiger partial charge >= 0.3 is 70.3 Å². The second kappa shape index (κ2) is 3.90. The van der Waals surface area contributed by atoms with Crippen LogP contribution in [0.5, 0.6) is 0 Å². The molecule has 3 nitrogen and oxygen atoms in total. The molecule has 0 aromatic carbocycles. The molecular weight excluding hydrogens is 243 g/mol. The van der Waals surface area contributed by atoms with Crippen molar-refractivity contribution in [2.45, 2.75) is 19.8 Å². The van der Waals surface area contributed by atoms with Gasteiger partial charge in [-0.1, -0.05) is 0 Å². The topological polar surface area (TPSA) is 38.9 Å². The number of aromatic nitrogens is 2. The molecule has 0 fully saturated rings. The zero-order valence-corrected chi connectivity index (χ0v) is 8.25. The van der Waals surface area contributed by atoms with Gasteiger partial charge in [0.25, 0.3) is 0 Å². The fourth-order valence-electron chi connectivity index (χ4n) is 0.626. The first kappa shape index (κ1) is 7.97. The van der Waals surface area contributed by atoms with E-state index in [4.69, 9.17) is 4.52 Å². The van der Waals surface area contributed by atoms with Crippen LogP contribution in [-0.4, -0.2) is 15.1 Å². The van der Waals surface area contributed by atoms with Gasteiger partial charge in [-0.15, -0.1) is 0 Å². The zero-order valence-electron chi connectivity index (χ0n) is 6.09. The van der Waals surface area contributed by atoms with E-state index in [1.807, 2.05) is 0 Å². The van der Waals surface area contributed by atoms with Crippen molar-refractivity contribution < 1.29 is 25.7 Å². The maximum absolute atomic E-state index is 4.96. The summed E-state index contributed by atoms with van der Waals surface area (Å²) in [7, 11) is 0. The number of nitrogens with zero attached hydrogens (tertiary/aromatic N) is 2. The minimum atomic E-state index is 0.00280. The van der Waals surface area contributed by atoms with Crippen molar-refractivity contribution >= 4 is 0 Å². The number of aryl methyl sites for hydroxylation is 1. The van der Waals surface area contributed by atoms with Crippen molar-refractivity contribution in [1.29, 1.82) is 0 Å². The Balaban J connectivity index is 2.59. The van der Waals surface area contributed by atoms with E-state index in [1.165, 1.54) is 0 Å². The Labute approximate surface area is 70.5 Å². The van der Waals surface area contributed by atoms with E-state index in [1.54, 1.807) is 0 Å². The first-order valence-electron chi connectivity index (χ1n) is 3.19. The van der Waals surface area contributed by atoms with Crippen molar-refractivity contribution in [1.82, 2.24) is 10.1 Å². The van der Waals surface area contributed by atoms with Crippen molar-refractivity contribution in [2.75, 3.05) is 4.93 Å². The van der Waals surface area contributed by atoms with Crippen LogP contribution >= 0.6 is 0 Å². The number of halogens is 1. The quantitative estimate of drug-likeness (QED) is 0.458. The summed E-state index contributed by atoms with van der Waals surface area (Å²) in [4.78, 5) is 6.31.